The Bertz CT molecular complexity index is 1070. The van der Waals surface area contributed by atoms with E-state index in [0.717, 1.165) is 12.8 Å². The van der Waals surface area contributed by atoms with Crippen molar-refractivity contribution in [1.82, 2.24) is 19.5 Å². The second kappa shape index (κ2) is 6.83. The Morgan fingerprint density at radius 3 is 2.93 bits per heavy atom. The van der Waals surface area contributed by atoms with Crippen LogP contribution < -0.4 is 10.5 Å². The van der Waals surface area contributed by atoms with Crippen molar-refractivity contribution in [2.45, 2.75) is 25.0 Å². The molecule has 0 saturated carbocycles. The van der Waals surface area contributed by atoms with Gasteiger partial charge in [0.25, 0.3) is 5.56 Å². The molecule has 0 amide bonds. The van der Waals surface area contributed by atoms with Gasteiger partial charge in [0.15, 0.2) is 0 Å². The fraction of sp³-hybridized carbons (Fsp3) is 0.333. The van der Waals surface area contributed by atoms with Gasteiger partial charge in [0.2, 0.25) is 5.95 Å². The first kappa shape index (κ1) is 17.1. The lowest BCUT2D eigenvalue weighted by atomic mass is 9.84. The minimum atomic E-state index is -0.0992. The third kappa shape index (κ3) is 2.79. The third-order valence-electron chi connectivity index (χ3n) is 5.66. The van der Waals surface area contributed by atoms with E-state index >= 15 is 0 Å². The minimum Gasteiger partial charge on any atom is -0.370 e. The number of aromatic nitrogens is 4. The Morgan fingerprint density at radius 1 is 1.18 bits per heavy atom. The number of anilines is 1. The van der Waals surface area contributed by atoms with Gasteiger partial charge in [-0.15, -0.1) is 0 Å². The molecule has 1 saturated heterocycles. The summed E-state index contributed by atoms with van der Waals surface area (Å²) in [5.74, 6) is 0.666. The van der Waals surface area contributed by atoms with Crippen molar-refractivity contribution in [3.05, 3.63) is 70.4 Å². The van der Waals surface area contributed by atoms with Gasteiger partial charge >= 0.3 is 0 Å². The fourth-order valence-corrected chi connectivity index (χ4v) is 4.27. The third-order valence-corrected chi connectivity index (χ3v) is 5.66. The van der Waals surface area contributed by atoms with Crippen molar-refractivity contribution in [1.29, 1.82) is 0 Å². The summed E-state index contributed by atoms with van der Waals surface area (Å²) in [5, 5.41) is 0. The van der Waals surface area contributed by atoms with Crippen LogP contribution in [0.3, 0.4) is 0 Å². The maximum atomic E-state index is 12.7. The topological polar surface area (TPSA) is 73.1 Å². The van der Waals surface area contributed by atoms with Gasteiger partial charge in [0.1, 0.15) is 12.4 Å². The highest BCUT2D eigenvalue weighted by atomic mass is 16.5. The zero-order valence-corrected chi connectivity index (χ0v) is 15.7. The molecule has 3 aromatic rings. The van der Waals surface area contributed by atoms with Crippen LogP contribution in [0.15, 0.2) is 53.7 Å². The first-order valence-electron chi connectivity index (χ1n) is 9.53. The molecule has 5 rings (SSSR count). The number of ether oxygens (including phenoxy) is 1. The van der Waals surface area contributed by atoms with E-state index in [2.05, 4.69) is 39.1 Å². The van der Waals surface area contributed by atoms with E-state index < -0.39 is 0 Å². The van der Waals surface area contributed by atoms with Crippen LogP contribution in [0.4, 0.5) is 5.95 Å². The summed E-state index contributed by atoms with van der Waals surface area (Å²) in [6.45, 7) is 1.31. The monoisotopic (exact) mass is 375 g/mol. The summed E-state index contributed by atoms with van der Waals surface area (Å²) in [7, 11) is 1.77. The van der Waals surface area contributed by atoms with E-state index in [9.17, 15) is 4.79 Å². The lowest BCUT2D eigenvalue weighted by Gasteiger charge is -2.45. The Hall–Kier alpha value is -3.06. The molecule has 0 spiro atoms. The van der Waals surface area contributed by atoms with Gasteiger partial charge in [-0.25, -0.2) is 15.0 Å². The molecule has 28 heavy (non-hydrogen) atoms. The number of rotatable bonds is 2. The van der Waals surface area contributed by atoms with Gasteiger partial charge in [0.05, 0.1) is 24.0 Å². The zero-order chi connectivity index (χ0) is 19.1. The summed E-state index contributed by atoms with van der Waals surface area (Å²) in [6.07, 6.45) is 5.09. The van der Waals surface area contributed by atoms with E-state index in [1.54, 1.807) is 23.9 Å². The van der Waals surface area contributed by atoms with Crippen LogP contribution in [0, 0.1) is 0 Å². The molecule has 7 nitrogen and oxygen atoms in total. The molecule has 1 fully saturated rings. The summed E-state index contributed by atoms with van der Waals surface area (Å²) in [5.41, 5.74) is 3.72. The van der Waals surface area contributed by atoms with Crippen LogP contribution >= 0.6 is 0 Å². The van der Waals surface area contributed by atoms with Crippen LogP contribution in [0.1, 0.15) is 23.7 Å². The van der Waals surface area contributed by atoms with Gasteiger partial charge in [-0.05, 0) is 30.0 Å². The van der Waals surface area contributed by atoms with Crippen molar-refractivity contribution in [2.24, 2.45) is 7.05 Å². The van der Waals surface area contributed by atoms with Gasteiger partial charge in [-0.3, -0.25) is 9.36 Å². The largest absolute Gasteiger partial charge is 0.370 e. The molecular weight excluding hydrogens is 354 g/mol. The molecule has 1 aromatic carbocycles. The number of fused-ring (bicyclic) bond motifs is 3. The first-order valence-corrected chi connectivity index (χ1v) is 9.53. The molecule has 2 aromatic heterocycles. The molecule has 0 unspecified atom stereocenters. The fourth-order valence-electron chi connectivity index (χ4n) is 4.27. The molecule has 0 radical (unpaired) electrons. The van der Waals surface area contributed by atoms with Crippen molar-refractivity contribution < 1.29 is 4.74 Å². The Morgan fingerprint density at radius 2 is 2.07 bits per heavy atom. The molecule has 2 atom stereocenters. The van der Waals surface area contributed by atoms with Crippen LogP contribution in [-0.2, 0) is 18.2 Å². The van der Waals surface area contributed by atoms with Crippen LogP contribution in [0.2, 0.25) is 0 Å². The lowest BCUT2D eigenvalue weighted by Crippen LogP contribution is -2.51. The predicted octanol–water partition coefficient (Wildman–Crippen LogP) is 2.13. The SMILES string of the molecule is Cn1c(N2CCO[C@H]3c4ccccc4CC[C@@H]32)nc(-c2ccncn2)cc1=O. The Balaban J connectivity index is 1.58. The summed E-state index contributed by atoms with van der Waals surface area (Å²) in [6, 6.07) is 11.9. The van der Waals surface area contributed by atoms with Crippen molar-refractivity contribution in [2.75, 3.05) is 18.1 Å². The maximum absolute atomic E-state index is 12.7. The molecule has 7 heteroatoms. The lowest BCUT2D eigenvalue weighted by molar-refractivity contribution is 0.00176. The van der Waals surface area contributed by atoms with Gasteiger partial charge < -0.3 is 9.64 Å². The first-order chi connectivity index (χ1) is 13.7. The number of benzene rings is 1. The number of hydrogen-bond acceptors (Lipinski definition) is 6. The van der Waals surface area contributed by atoms with E-state index in [4.69, 9.17) is 9.72 Å². The average Bonchev–Trinajstić information content (AvgIpc) is 2.75. The summed E-state index contributed by atoms with van der Waals surface area (Å²) < 4.78 is 7.79. The Kier molecular flexibility index (Phi) is 4.16. The molecule has 1 aliphatic heterocycles. The zero-order valence-electron chi connectivity index (χ0n) is 15.7. The van der Waals surface area contributed by atoms with Crippen molar-refractivity contribution >= 4 is 5.95 Å². The smallest absolute Gasteiger partial charge is 0.255 e. The highest BCUT2D eigenvalue weighted by Crippen LogP contribution is 2.39. The van der Waals surface area contributed by atoms with Gasteiger partial charge in [-0.2, -0.15) is 0 Å². The molecule has 3 heterocycles. The summed E-state index contributed by atoms with van der Waals surface area (Å²) in [4.78, 5) is 27.9. The highest BCUT2D eigenvalue weighted by Gasteiger charge is 2.38. The van der Waals surface area contributed by atoms with Gasteiger partial charge in [-0.1, -0.05) is 24.3 Å². The summed E-state index contributed by atoms with van der Waals surface area (Å²) >= 11 is 0. The standard InChI is InChI=1S/C21H21N5O2/c1-25-19(27)12-17(16-8-9-22-13-23-16)24-21(25)26-10-11-28-20-15-5-3-2-4-14(15)6-7-18(20)26/h2-5,8-9,12-13,18,20H,6-7,10-11H2,1H3/t18-,20-/m0/s1. The van der Waals surface area contributed by atoms with Crippen LogP contribution in [0.5, 0.6) is 0 Å². The van der Waals surface area contributed by atoms with E-state index in [1.807, 2.05) is 0 Å². The number of hydrogen-bond donors (Lipinski definition) is 0. The van der Waals surface area contributed by atoms with Crippen molar-refractivity contribution in [3.8, 4) is 11.4 Å². The van der Waals surface area contributed by atoms with Crippen LogP contribution in [0.25, 0.3) is 11.4 Å². The number of nitrogens with zero attached hydrogens (tertiary/aromatic N) is 5. The van der Waals surface area contributed by atoms with E-state index in [0.29, 0.717) is 30.5 Å². The average molecular weight is 375 g/mol. The van der Waals surface area contributed by atoms with E-state index in [1.165, 1.54) is 23.5 Å². The molecule has 142 valence electrons. The molecule has 2 aliphatic rings. The molecular formula is C21H21N5O2. The maximum Gasteiger partial charge on any atom is 0.255 e. The van der Waals surface area contributed by atoms with Gasteiger partial charge in [0, 0.05) is 25.9 Å². The number of aryl methyl sites for hydroxylation is 1. The molecule has 1 aliphatic carbocycles. The normalized spacial score (nSPS) is 21.1. The molecule has 0 bridgehead atoms. The second-order valence-corrected chi connectivity index (χ2v) is 7.22. The predicted molar refractivity (Wildman–Crippen MR) is 105 cm³/mol. The second-order valence-electron chi connectivity index (χ2n) is 7.22. The minimum absolute atomic E-state index is 0.00157. The van der Waals surface area contributed by atoms with E-state index in [-0.39, 0.29) is 17.7 Å². The number of morpholine rings is 1. The quantitative estimate of drug-likeness (QED) is 0.683. The van der Waals surface area contributed by atoms with Crippen molar-refractivity contribution in [3.63, 3.8) is 0 Å². The molecule has 0 N–H and O–H groups in total. The Labute approximate surface area is 162 Å². The van der Waals surface area contributed by atoms with Crippen LogP contribution in [-0.4, -0.2) is 38.7 Å². The highest BCUT2D eigenvalue weighted by molar-refractivity contribution is 5.55.